The number of unbranched alkanes of at least 4 members (excludes halogenated alkanes) is 2. The minimum Gasteiger partial charge on any atom is -0.494 e. The second kappa shape index (κ2) is 9.03. The molecule has 3 aromatic rings. The number of carbonyl (C=O) groups is 1. The molecule has 1 amide bonds. The molecule has 0 spiro atoms. The summed E-state index contributed by atoms with van der Waals surface area (Å²) in [5.41, 5.74) is 3.18. The van der Waals surface area contributed by atoms with Gasteiger partial charge in [0.1, 0.15) is 11.4 Å². The van der Waals surface area contributed by atoms with Gasteiger partial charge in [0.05, 0.1) is 6.61 Å². The summed E-state index contributed by atoms with van der Waals surface area (Å²) < 4.78 is 11.2. The summed E-state index contributed by atoms with van der Waals surface area (Å²) in [4.78, 5) is 11.6. The Labute approximate surface area is 159 Å². The maximum Gasteiger partial charge on any atom is 0.251 e. The molecule has 0 unspecified atom stereocenters. The van der Waals surface area contributed by atoms with Crippen molar-refractivity contribution in [1.29, 1.82) is 0 Å². The molecule has 0 aliphatic heterocycles. The average molecular weight is 364 g/mol. The van der Waals surface area contributed by atoms with Crippen LogP contribution < -0.4 is 10.1 Å². The van der Waals surface area contributed by atoms with E-state index in [1.807, 2.05) is 42.5 Å². The van der Waals surface area contributed by atoms with Gasteiger partial charge in [-0.15, -0.1) is 0 Å². The predicted octanol–water partition coefficient (Wildman–Crippen LogP) is 4.94. The van der Waals surface area contributed by atoms with E-state index in [2.05, 4.69) is 17.4 Å². The first-order valence-electron chi connectivity index (χ1n) is 9.23. The number of hydrogen-bond acceptors (Lipinski definition) is 4. The van der Waals surface area contributed by atoms with Gasteiger partial charge < -0.3 is 14.6 Å². The lowest BCUT2D eigenvalue weighted by Gasteiger charge is -2.05. The Hall–Kier alpha value is -3.08. The van der Waals surface area contributed by atoms with Crippen molar-refractivity contribution in [3.8, 4) is 28.3 Å². The average Bonchev–Trinajstić information content (AvgIpc) is 3.21. The third-order valence-corrected chi connectivity index (χ3v) is 4.34. The molecule has 3 rings (SSSR count). The molecule has 0 aliphatic carbocycles. The van der Waals surface area contributed by atoms with Gasteiger partial charge in [0, 0.05) is 29.8 Å². The molecule has 0 atom stereocenters. The van der Waals surface area contributed by atoms with Crippen molar-refractivity contribution in [2.24, 2.45) is 0 Å². The van der Waals surface area contributed by atoms with E-state index < -0.39 is 0 Å². The molecular weight excluding hydrogens is 340 g/mol. The zero-order valence-electron chi connectivity index (χ0n) is 15.7. The summed E-state index contributed by atoms with van der Waals surface area (Å²) in [6.45, 7) is 2.92. The zero-order valence-corrected chi connectivity index (χ0v) is 15.7. The molecule has 2 aromatic carbocycles. The van der Waals surface area contributed by atoms with Gasteiger partial charge in [-0.1, -0.05) is 37.1 Å². The fourth-order valence-corrected chi connectivity index (χ4v) is 2.74. The molecule has 27 heavy (non-hydrogen) atoms. The van der Waals surface area contributed by atoms with Crippen LogP contribution in [0.3, 0.4) is 0 Å². The van der Waals surface area contributed by atoms with E-state index in [1.165, 1.54) is 12.8 Å². The summed E-state index contributed by atoms with van der Waals surface area (Å²) in [6.07, 6.45) is 3.44. The van der Waals surface area contributed by atoms with Crippen molar-refractivity contribution in [2.75, 3.05) is 13.7 Å². The first-order valence-corrected chi connectivity index (χ1v) is 9.23. The van der Waals surface area contributed by atoms with Crippen molar-refractivity contribution < 1.29 is 14.1 Å². The SMILES string of the molecule is CCCCCOc1ccc(-c2cc(-c3ccc(C(=O)NC)cc3)no2)cc1. The van der Waals surface area contributed by atoms with Gasteiger partial charge in [-0.05, 0) is 42.8 Å². The van der Waals surface area contributed by atoms with Crippen LogP contribution in [0.2, 0.25) is 0 Å². The minimum atomic E-state index is -0.112. The van der Waals surface area contributed by atoms with Crippen LogP contribution in [0.25, 0.3) is 22.6 Å². The molecule has 0 radical (unpaired) electrons. The summed E-state index contributed by atoms with van der Waals surface area (Å²) in [5.74, 6) is 1.44. The number of nitrogens with one attached hydrogen (secondary N) is 1. The third-order valence-electron chi connectivity index (χ3n) is 4.34. The van der Waals surface area contributed by atoms with Crippen LogP contribution >= 0.6 is 0 Å². The van der Waals surface area contributed by atoms with E-state index in [0.29, 0.717) is 11.3 Å². The van der Waals surface area contributed by atoms with Crippen molar-refractivity contribution in [1.82, 2.24) is 10.5 Å². The molecule has 1 N–H and O–H groups in total. The summed E-state index contributed by atoms with van der Waals surface area (Å²) in [5, 5.41) is 6.75. The molecule has 0 saturated carbocycles. The number of benzene rings is 2. The standard InChI is InChI=1S/C22H24N2O3/c1-3-4-5-14-26-19-12-10-17(11-13-19)21-15-20(24-27-21)16-6-8-18(9-7-16)22(25)23-2/h6-13,15H,3-5,14H2,1-2H3,(H,23,25). The Kier molecular flexibility index (Phi) is 6.26. The first-order chi connectivity index (χ1) is 13.2. The van der Waals surface area contributed by atoms with Crippen LogP contribution in [0.4, 0.5) is 0 Å². The Bertz CT molecular complexity index is 867. The highest BCUT2D eigenvalue weighted by molar-refractivity contribution is 5.94. The Morgan fingerprint density at radius 1 is 1.04 bits per heavy atom. The molecule has 1 heterocycles. The number of nitrogens with zero attached hydrogens (tertiary/aromatic N) is 1. The summed E-state index contributed by atoms with van der Waals surface area (Å²) in [7, 11) is 1.61. The Balaban J connectivity index is 1.67. The zero-order chi connectivity index (χ0) is 19.1. The molecule has 5 heteroatoms. The van der Waals surface area contributed by atoms with Crippen LogP contribution in [0.1, 0.15) is 36.5 Å². The molecule has 0 fully saturated rings. The highest BCUT2D eigenvalue weighted by Gasteiger charge is 2.10. The fourth-order valence-electron chi connectivity index (χ4n) is 2.74. The normalized spacial score (nSPS) is 10.6. The lowest BCUT2D eigenvalue weighted by molar-refractivity contribution is 0.0963. The van der Waals surface area contributed by atoms with E-state index in [4.69, 9.17) is 9.26 Å². The van der Waals surface area contributed by atoms with Crippen molar-refractivity contribution >= 4 is 5.91 Å². The van der Waals surface area contributed by atoms with E-state index >= 15 is 0 Å². The molecule has 0 aliphatic rings. The van der Waals surface area contributed by atoms with Crippen LogP contribution in [0.15, 0.2) is 59.1 Å². The van der Waals surface area contributed by atoms with Crippen LogP contribution in [0.5, 0.6) is 5.75 Å². The molecule has 0 bridgehead atoms. The number of aromatic nitrogens is 1. The van der Waals surface area contributed by atoms with E-state index in [-0.39, 0.29) is 5.91 Å². The van der Waals surface area contributed by atoms with Gasteiger partial charge in [-0.2, -0.15) is 0 Å². The topological polar surface area (TPSA) is 64.4 Å². The highest BCUT2D eigenvalue weighted by Crippen LogP contribution is 2.27. The molecule has 5 nitrogen and oxygen atoms in total. The van der Waals surface area contributed by atoms with Crippen molar-refractivity contribution in [2.45, 2.75) is 26.2 Å². The monoisotopic (exact) mass is 364 g/mol. The largest absolute Gasteiger partial charge is 0.494 e. The Morgan fingerprint density at radius 2 is 1.74 bits per heavy atom. The van der Waals surface area contributed by atoms with Gasteiger partial charge >= 0.3 is 0 Å². The maximum absolute atomic E-state index is 11.6. The van der Waals surface area contributed by atoms with Gasteiger partial charge in [0.15, 0.2) is 5.76 Å². The van der Waals surface area contributed by atoms with Crippen molar-refractivity contribution in [3.05, 3.63) is 60.2 Å². The highest BCUT2D eigenvalue weighted by atomic mass is 16.5. The second-order valence-corrected chi connectivity index (χ2v) is 6.31. The van der Waals surface area contributed by atoms with Gasteiger partial charge in [0.25, 0.3) is 5.91 Å². The summed E-state index contributed by atoms with van der Waals surface area (Å²) in [6, 6.07) is 17.0. The quantitative estimate of drug-likeness (QED) is 0.575. The first kappa shape index (κ1) is 18.7. The van der Waals surface area contributed by atoms with E-state index in [9.17, 15) is 4.79 Å². The van der Waals surface area contributed by atoms with Crippen LogP contribution in [-0.4, -0.2) is 24.7 Å². The number of rotatable bonds is 8. The second-order valence-electron chi connectivity index (χ2n) is 6.31. The van der Waals surface area contributed by atoms with Gasteiger partial charge in [-0.3, -0.25) is 4.79 Å². The maximum atomic E-state index is 11.6. The predicted molar refractivity (Wildman–Crippen MR) is 106 cm³/mol. The van der Waals surface area contributed by atoms with Crippen LogP contribution in [-0.2, 0) is 0 Å². The number of amides is 1. The molecule has 0 saturated heterocycles. The number of carbonyl (C=O) groups excluding carboxylic acids is 1. The van der Waals surface area contributed by atoms with Gasteiger partial charge in [-0.25, -0.2) is 0 Å². The smallest absolute Gasteiger partial charge is 0.251 e. The fraction of sp³-hybridized carbons (Fsp3) is 0.273. The molecule has 1 aromatic heterocycles. The number of hydrogen-bond donors (Lipinski definition) is 1. The molecule has 140 valence electrons. The van der Waals surface area contributed by atoms with E-state index in [1.54, 1.807) is 19.2 Å². The summed E-state index contributed by atoms with van der Waals surface area (Å²) >= 11 is 0. The lowest BCUT2D eigenvalue weighted by Crippen LogP contribution is -2.17. The van der Waals surface area contributed by atoms with Crippen LogP contribution in [0, 0.1) is 0 Å². The van der Waals surface area contributed by atoms with Crippen molar-refractivity contribution in [3.63, 3.8) is 0 Å². The lowest BCUT2D eigenvalue weighted by atomic mass is 10.1. The van der Waals surface area contributed by atoms with E-state index in [0.717, 1.165) is 35.6 Å². The molecular formula is C22H24N2O3. The minimum absolute atomic E-state index is 0.112. The third kappa shape index (κ3) is 4.76. The van der Waals surface area contributed by atoms with Gasteiger partial charge in [0.2, 0.25) is 0 Å². The number of ether oxygens (including phenoxy) is 1. The Morgan fingerprint density at radius 3 is 2.41 bits per heavy atom.